The van der Waals surface area contributed by atoms with Crippen LogP contribution in [0.1, 0.15) is 5.56 Å². The maximum atomic E-state index is 9.29. The fourth-order valence-electron chi connectivity index (χ4n) is 2.27. The first-order valence-corrected chi connectivity index (χ1v) is 7.44. The number of nitriles is 1. The van der Waals surface area contributed by atoms with E-state index in [9.17, 15) is 5.11 Å². The number of benzene rings is 2. The second kappa shape index (κ2) is 7.20. The van der Waals surface area contributed by atoms with Crippen molar-refractivity contribution in [2.24, 2.45) is 0 Å². The Balaban J connectivity index is 1.71. The van der Waals surface area contributed by atoms with E-state index in [0.29, 0.717) is 24.5 Å². The molecular weight excluding hydrogens is 304 g/mol. The largest absolute Gasteiger partial charge is 0.508 e. The van der Waals surface area contributed by atoms with Crippen LogP contribution in [0.4, 0.5) is 5.69 Å². The number of hydrogen-bond donors (Lipinski definition) is 1. The number of aromatic hydroxyl groups is 1. The molecule has 1 aromatic heterocycles. The average Bonchev–Trinajstić information content (AvgIpc) is 3.15. The number of hydrogen-bond acceptors (Lipinski definition) is 5. The van der Waals surface area contributed by atoms with Crippen LogP contribution in [0, 0.1) is 11.3 Å². The summed E-state index contributed by atoms with van der Waals surface area (Å²) >= 11 is 0. The average molecular weight is 320 g/mol. The van der Waals surface area contributed by atoms with E-state index >= 15 is 0 Å². The lowest BCUT2D eigenvalue weighted by Crippen LogP contribution is -2.32. The normalized spacial score (nSPS) is 10.1. The predicted octanol–water partition coefficient (Wildman–Crippen LogP) is 2.81. The summed E-state index contributed by atoms with van der Waals surface area (Å²) in [5, 5.41) is 20.2. The summed E-state index contributed by atoms with van der Waals surface area (Å²) in [6.45, 7) is 1.03. The molecule has 6 heteroatoms. The van der Waals surface area contributed by atoms with Crippen molar-refractivity contribution in [2.75, 3.05) is 18.2 Å². The maximum Gasteiger partial charge on any atom is 0.119 e. The van der Waals surface area contributed by atoms with Crippen LogP contribution in [-0.4, -0.2) is 27.9 Å². The molecule has 1 N–H and O–H groups in total. The third-order valence-electron chi connectivity index (χ3n) is 3.47. The first-order chi connectivity index (χ1) is 11.8. The molecule has 0 spiro atoms. The SMILES string of the molecule is N#Cc1ccc(N(CCOc2ccc(O)cc2)n2ccnc2)cc1. The highest BCUT2D eigenvalue weighted by Crippen LogP contribution is 2.18. The minimum Gasteiger partial charge on any atom is -0.508 e. The van der Waals surface area contributed by atoms with E-state index in [1.807, 2.05) is 28.0 Å². The van der Waals surface area contributed by atoms with Crippen LogP contribution in [0.3, 0.4) is 0 Å². The van der Waals surface area contributed by atoms with Crippen LogP contribution in [0.5, 0.6) is 11.5 Å². The molecule has 0 saturated carbocycles. The Morgan fingerprint density at radius 1 is 1.12 bits per heavy atom. The molecule has 0 atom stereocenters. The highest BCUT2D eigenvalue weighted by Gasteiger charge is 2.09. The fourth-order valence-corrected chi connectivity index (χ4v) is 2.27. The second-order valence-corrected chi connectivity index (χ2v) is 5.07. The van der Waals surface area contributed by atoms with Crippen LogP contribution in [0.15, 0.2) is 67.3 Å². The quantitative estimate of drug-likeness (QED) is 0.756. The van der Waals surface area contributed by atoms with Gasteiger partial charge in [0.1, 0.15) is 24.4 Å². The van der Waals surface area contributed by atoms with Gasteiger partial charge in [-0.3, -0.25) is 5.01 Å². The number of nitrogens with zero attached hydrogens (tertiary/aromatic N) is 4. The molecule has 0 aliphatic heterocycles. The molecule has 1 heterocycles. The zero-order valence-electron chi connectivity index (χ0n) is 12.9. The number of ether oxygens (including phenoxy) is 1. The van der Waals surface area contributed by atoms with Gasteiger partial charge in [0, 0.05) is 12.4 Å². The van der Waals surface area contributed by atoms with Crippen LogP contribution in [0.25, 0.3) is 0 Å². The molecule has 0 amide bonds. The Hall–Kier alpha value is -3.46. The predicted molar refractivity (Wildman–Crippen MR) is 89.7 cm³/mol. The molecule has 3 aromatic rings. The number of aromatic nitrogens is 2. The molecular formula is C18H16N4O2. The van der Waals surface area contributed by atoms with Crippen LogP contribution >= 0.6 is 0 Å². The number of imidazole rings is 1. The van der Waals surface area contributed by atoms with Gasteiger partial charge in [-0.15, -0.1) is 0 Å². The Morgan fingerprint density at radius 3 is 2.50 bits per heavy atom. The topological polar surface area (TPSA) is 74.3 Å². The van der Waals surface area contributed by atoms with Gasteiger partial charge in [0.2, 0.25) is 0 Å². The minimum atomic E-state index is 0.208. The van der Waals surface area contributed by atoms with Crippen molar-refractivity contribution in [3.8, 4) is 17.6 Å². The number of rotatable bonds is 6. The number of phenols is 1. The van der Waals surface area contributed by atoms with Crippen molar-refractivity contribution < 1.29 is 9.84 Å². The molecule has 0 bridgehead atoms. The monoisotopic (exact) mass is 320 g/mol. The molecule has 0 saturated heterocycles. The van der Waals surface area contributed by atoms with Gasteiger partial charge < -0.3 is 9.84 Å². The van der Waals surface area contributed by atoms with Crippen molar-refractivity contribution in [1.29, 1.82) is 5.26 Å². The summed E-state index contributed by atoms with van der Waals surface area (Å²) in [6, 6.07) is 16.1. The lowest BCUT2D eigenvalue weighted by molar-refractivity contribution is 0.319. The van der Waals surface area contributed by atoms with Gasteiger partial charge >= 0.3 is 0 Å². The third-order valence-corrected chi connectivity index (χ3v) is 3.47. The smallest absolute Gasteiger partial charge is 0.119 e. The fraction of sp³-hybridized carbons (Fsp3) is 0.111. The van der Waals surface area contributed by atoms with Gasteiger partial charge in [0.05, 0.1) is 23.9 Å². The first kappa shape index (κ1) is 15.4. The van der Waals surface area contributed by atoms with E-state index in [0.717, 1.165) is 5.69 Å². The summed E-state index contributed by atoms with van der Waals surface area (Å²) in [4.78, 5) is 4.08. The Morgan fingerprint density at radius 2 is 1.88 bits per heavy atom. The summed E-state index contributed by atoms with van der Waals surface area (Å²) in [5.41, 5.74) is 1.55. The second-order valence-electron chi connectivity index (χ2n) is 5.07. The van der Waals surface area contributed by atoms with Crippen molar-refractivity contribution in [3.05, 3.63) is 72.8 Å². The lowest BCUT2D eigenvalue weighted by atomic mass is 10.2. The zero-order chi connectivity index (χ0) is 16.8. The lowest BCUT2D eigenvalue weighted by Gasteiger charge is -2.25. The van der Waals surface area contributed by atoms with Crippen molar-refractivity contribution >= 4 is 5.69 Å². The standard InChI is InChI=1S/C18H16N4O2/c19-13-15-1-3-16(4-2-15)22(21-10-9-20-14-21)11-12-24-18-7-5-17(23)6-8-18/h1-10,14,23H,11-12H2. The molecule has 0 radical (unpaired) electrons. The number of phenolic OH excluding ortho intramolecular Hbond substituents is 1. The summed E-state index contributed by atoms with van der Waals surface area (Å²) in [6.07, 6.45) is 5.26. The highest BCUT2D eigenvalue weighted by molar-refractivity contribution is 5.49. The van der Waals surface area contributed by atoms with Gasteiger partial charge in [-0.1, -0.05) is 0 Å². The molecule has 3 rings (SSSR count). The van der Waals surface area contributed by atoms with E-state index in [4.69, 9.17) is 10.00 Å². The van der Waals surface area contributed by atoms with Crippen LogP contribution < -0.4 is 9.75 Å². The summed E-state index contributed by atoms with van der Waals surface area (Å²) < 4.78 is 7.58. The Labute approximate surface area is 139 Å². The molecule has 0 aliphatic carbocycles. The van der Waals surface area contributed by atoms with E-state index in [1.165, 1.54) is 0 Å². The summed E-state index contributed by atoms with van der Waals surface area (Å²) in [7, 11) is 0. The Kier molecular flexibility index (Phi) is 4.63. The molecule has 0 fully saturated rings. The van der Waals surface area contributed by atoms with Crippen molar-refractivity contribution in [1.82, 2.24) is 9.66 Å². The van der Waals surface area contributed by atoms with Gasteiger partial charge in [-0.05, 0) is 48.5 Å². The van der Waals surface area contributed by atoms with E-state index in [1.54, 1.807) is 48.9 Å². The molecule has 24 heavy (non-hydrogen) atoms. The Bertz CT molecular complexity index is 806. The maximum absolute atomic E-state index is 9.29. The zero-order valence-corrected chi connectivity index (χ0v) is 12.9. The van der Waals surface area contributed by atoms with Crippen molar-refractivity contribution in [2.45, 2.75) is 0 Å². The van der Waals surface area contributed by atoms with Gasteiger partial charge in [-0.2, -0.15) is 5.26 Å². The molecule has 120 valence electrons. The number of anilines is 1. The molecule has 2 aromatic carbocycles. The van der Waals surface area contributed by atoms with E-state index in [-0.39, 0.29) is 5.75 Å². The van der Waals surface area contributed by atoms with Gasteiger partial charge in [0.15, 0.2) is 0 Å². The van der Waals surface area contributed by atoms with Gasteiger partial charge in [0.25, 0.3) is 0 Å². The third kappa shape index (κ3) is 3.65. The molecule has 0 aliphatic rings. The van der Waals surface area contributed by atoms with E-state index < -0.39 is 0 Å². The molecule has 0 unspecified atom stereocenters. The summed E-state index contributed by atoms with van der Waals surface area (Å²) in [5.74, 6) is 0.901. The minimum absolute atomic E-state index is 0.208. The van der Waals surface area contributed by atoms with E-state index in [2.05, 4.69) is 11.1 Å². The van der Waals surface area contributed by atoms with Gasteiger partial charge in [-0.25, -0.2) is 9.66 Å². The van der Waals surface area contributed by atoms with Crippen LogP contribution in [0.2, 0.25) is 0 Å². The van der Waals surface area contributed by atoms with Crippen molar-refractivity contribution in [3.63, 3.8) is 0 Å². The molecule has 6 nitrogen and oxygen atoms in total. The first-order valence-electron chi connectivity index (χ1n) is 7.44. The van der Waals surface area contributed by atoms with Crippen LogP contribution in [-0.2, 0) is 0 Å². The highest BCUT2D eigenvalue weighted by atomic mass is 16.5.